The maximum atomic E-state index is 13.9. The van der Waals surface area contributed by atoms with E-state index in [0.29, 0.717) is 29.0 Å². The van der Waals surface area contributed by atoms with Crippen LogP contribution in [0.4, 0.5) is 17.1 Å². The predicted octanol–water partition coefficient (Wildman–Crippen LogP) is 3.31. The second-order valence-corrected chi connectivity index (χ2v) is 13.5. The summed E-state index contributed by atoms with van der Waals surface area (Å²) < 4.78 is 36.1. The number of aliphatic hydroxyl groups is 1. The van der Waals surface area contributed by atoms with E-state index in [1.54, 1.807) is 12.1 Å². The molecule has 1 atom stereocenters. The lowest BCUT2D eigenvalue weighted by molar-refractivity contribution is 0.0533. The maximum Gasteiger partial charge on any atom is 0.257 e. The molecule has 6 rings (SSSR count). The van der Waals surface area contributed by atoms with Gasteiger partial charge in [0.05, 0.1) is 46.7 Å². The molecule has 2 aliphatic heterocycles. The fourth-order valence-corrected chi connectivity index (χ4v) is 7.30. The zero-order valence-electron chi connectivity index (χ0n) is 23.7. The van der Waals surface area contributed by atoms with Crippen LogP contribution in [0.5, 0.6) is 0 Å². The molecular weight excluding hydrogens is 542 g/mol. The van der Waals surface area contributed by atoms with Gasteiger partial charge < -0.3 is 29.5 Å². The summed E-state index contributed by atoms with van der Waals surface area (Å²) in [5, 5.41) is 13.3. The first-order chi connectivity index (χ1) is 19.7. The molecule has 1 saturated carbocycles. The van der Waals surface area contributed by atoms with E-state index < -0.39 is 10.0 Å². The van der Waals surface area contributed by atoms with Crippen LogP contribution in [-0.2, 0) is 21.8 Å². The molecule has 1 amide bonds. The highest BCUT2D eigenvalue weighted by molar-refractivity contribution is 7.89. The van der Waals surface area contributed by atoms with Crippen molar-refractivity contribution in [2.75, 3.05) is 61.1 Å². The second kappa shape index (κ2) is 10.9. The number of sulfonamides is 1. The molecule has 41 heavy (non-hydrogen) atoms. The normalized spacial score (nSPS) is 20.5. The van der Waals surface area contributed by atoms with Crippen LogP contribution in [0.1, 0.15) is 43.0 Å². The van der Waals surface area contributed by atoms with Crippen molar-refractivity contribution in [2.45, 2.75) is 43.6 Å². The highest BCUT2D eigenvalue weighted by Gasteiger charge is 2.44. The number of hydrogen-bond donors (Lipinski definition) is 3. The van der Waals surface area contributed by atoms with E-state index in [2.05, 4.69) is 31.3 Å². The average Bonchev–Trinajstić information content (AvgIpc) is 3.62. The number of nitrogens with one attached hydrogen (secondary N) is 2. The number of fused-ring (bicyclic) bond motifs is 1. The lowest BCUT2D eigenvalue weighted by atomic mass is 9.93. The van der Waals surface area contributed by atoms with Gasteiger partial charge in [-0.05, 0) is 74.4 Å². The van der Waals surface area contributed by atoms with Gasteiger partial charge in [-0.2, -0.15) is 0 Å². The summed E-state index contributed by atoms with van der Waals surface area (Å²) in [6.07, 6.45) is 6.72. The van der Waals surface area contributed by atoms with E-state index in [-0.39, 0.29) is 30.1 Å². The Morgan fingerprint density at radius 2 is 1.83 bits per heavy atom. The van der Waals surface area contributed by atoms with Gasteiger partial charge in [0.2, 0.25) is 10.0 Å². The van der Waals surface area contributed by atoms with Gasteiger partial charge in [-0.1, -0.05) is 0 Å². The van der Waals surface area contributed by atoms with Crippen LogP contribution in [-0.4, -0.2) is 76.0 Å². The van der Waals surface area contributed by atoms with E-state index in [1.807, 2.05) is 31.4 Å². The zero-order valence-corrected chi connectivity index (χ0v) is 24.5. The van der Waals surface area contributed by atoms with E-state index in [0.717, 1.165) is 55.6 Å². The number of ether oxygens (including phenoxy) is 1. The molecule has 2 saturated heterocycles. The molecule has 2 aromatic carbocycles. The number of nitrogens with zero attached hydrogens (tertiary/aromatic N) is 3. The lowest BCUT2D eigenvalue weighted by Gasteiger charge is -2.35. The Labute approximate surface area is 241 Å². The minimum Gasteiger partial charge on any atom is -0.395 e. The Kier molecular flexibility index (Phi) is 7.48. The van der Waals surface area contributed by atoms with Crippen LogP contribution in [0.3, 0.4) is 0 Å². The molecule has 11 heteroatoms. The molecule has 3 heterocycles. The number of rotatable bonds is 8. The molecule has 3 aliphatic rings. The summed E-state index contributed by atoms with van der Waals surface area (Å²) in [6, 6.07) is 10.7. The molecule has 0 unspecified atom stereocenters. The number of aromatic nitrogens is 1. The topological polar surface area (TPSA) is 116 Å². The lowest BCUT2D eigenvalue weighted by Crippen LogP contribution is -2.41. The van der Waals surface area contributed by atoms with E-state index in [9.17, 15) is 13.2 Å². The first-order valence-corrected chi connectivity index (χ1v) is 15.9. The highest BCUT2D eigenvalue weighted by atomic mass is 32.2. The summed E-state index contributed by atoms with van der Waals surface area (Å²) in [6.45, 7) is 5.44. The molecule has 0 radical (unpaired) electrons. The Morgan fingerprint density at radius 3 is 2.54 bits per heavy atom. The first-order valence-electron chi connectivity index (χ1n) is 14.4. The van der Waals surface area contributed by atoms with Crippen molar-refractivity contribution in [3.8, 4) is 0 Å². The van der Waals surface area contributed by atoms with Crippen molar-refractivity contribution in [2.24, 2.45) is 12.5 Å². The van der Waals surface area contributed by atoms with Crippen molar-refractivity contribution >= 4 is 43.9 Å². The summed E-state index contributed by atoms with van der Waals surface area (Å²) in [7, 11) is -1.80. The number of hydrogen-bond acceptors (Lipinski definition) is 7. The van der Waals surface area contributed by atoms with Crippen LogP contribution in [0.25, 0.3) is 10.9 Å². The van der Waals surface area contributed by atoms with Crippen molar-refractivity contribution in [1.29, 1.82) is 0 Å². The molecule has 0 bridgehead atoms. The number of piperidine rings is 1. The summed E-state index contributed by atoms with van der Waals surface area (Å²) in [5.41, 5.74) is 4.32. The molecule has 1 aromatic heterocycles. The molecule has 1 spiro atoms. The number of benzene rings is 2. The molecule has 220 valence electrons. The van der Waals surface area contributed by atoms with Crippen LogP contribution in [0, 0.1) is 5.41 Å². The van der Waals surface area contributed by atoms with E-state index in [1.165, 1.54) is 18.9 Å². The third-order valence-electron chi connectivity index (χ3n) is 8.84. The molecule has 10 nitrogen and oxygen atoms in total. The monoisotopic (exact) mass is 581 g/mol. The summed E-state index contributed by atoms with van der Waals surface area (Å²) in [5.74, 6) is -0.282. The number of aryl methyl sites for hydroxylation is 1. The molecular formula is C30H39N5O5S. The number of morpholine rings is 1. The van der Waals surface area contributed by atoms with Crippen LogP contribution in [0.15, 0.2) is 47.5 Å². The number of aliphatic hydroxyl groups excluding tert-OH is 1. The predicted molar refractivity (Wildman–Crippen MR) is 160 cm³/mol. The quantitative estimate of drug-likeness (QED) is 0.374. The van der Waals surface area contributed by atoms with Gasteiger partial charge in [0.25, 0.3) is 5.91 Å². The fourth-order valence-electron chi connectivity index (χ4n) is 6.26. The Hall–Kier alpha value is -3.12. The van der Waals surface area contributed by atoms with Crippen LogP contribution >= 0.6 is 0 Å². The van der Waals surface area contributed by atoms with Gasteiger partial charge in [0.15, 0.2) is 0 Å². The number of carbonyl (C=O) groups is 1. The molecule has 1 aliphatic carbocycles. The van der Waals surface area contributed by atoms with E-state index in [4.69, 9.17) is 9.84 Å². The van der Waals surface area contributed by atoms with Gasteiger partial charge in [-0.3, -0.25) is 4.79 Å². The Bertz CT molecular complexity index is 1550. The molecule has 3 N–H and O–H groups in total. The largest absolute Gasteiger partial charge is 0.395 e. The number of anilines is 3. The minimum absolute atomic E-state index is 0.0711. The van der Waals surface area contributed by atoms with Crippen LogP contribution in [0.2, 0.25) is 0 Å². The van der Waals surface area contributed by atoms with Gasteiger partial charge in [0.1, 0.15) is 0 Å². The SMILES string of the molecule is C[C@@H]1CN(c2cc(NC(=O)c3ccc(S(=O)(=O)NCCO)cc3N3CCC4(CC3)CC4)cc3ccn(C)c23)CCO1. The Balaban J connectivity index is 1.33. The Morgan fingerprint density at radius 1 is 1.05 bits per heavy atom. The standard InChI is InChI=1S/C30H39N5O5S/c1-21-20-35(14-16-40-21)27-18-23(17-22-5-11-33(2)28(22)27)32-29(37)25-4-3-24(41(38,39)31-10-15-36)19-26(25)34-12-8-30(6-7-30)9-13-34/h3-5,11,17-19,21,31,36H,6-10,12-16,20H2,1-2H3,(H,32,37)/t21-/m1/s1. The van der Waals surface area contributed by atoms with Crippen molar-refractivity contribution in [3.63, 3.8) is 0 Å². The maximum absolute atomic E-state index is 13.9. The number of carbonyl (C=O) groups excluding carboxylic acids is 1. The van der Waals surface area contributed by atoms with Gasteiger partial charge >= 0.3 is 0 Å². The van der Waals surface area contributed by atoms with Crippen molar-refractivity contribution in [3.05, 3.63) is 48.2 Å². The van der Waals surface area contributed by atoms with Gasteiger partial charge in [-0.15, -0.1) is 0 Å². The van der Waals surface area contributed by atoms with Gasteiger partial charge in [-0.25, -0.2) is 13.1 Å². The zero-order chi connectivity index (χ0) is 28.8. The fraction of sp³-hybridized carbons (Fsp3) is 0.500. The highest BCUT2D eigenvalue weighted by Crippen LogP contribution is 2.54. The number of amides is 1. The third kappa shape index (κ3) is 5.68. The third-order valence-corrected chi connectivity index (χ3v) is 10.3. The van der Waals surface area contributed by atoms with Crippen molar-refractivity contribution in [1.82, 2.24) is 9.29 Å². The summed E-state index contributed by atoms with van der Waals surface area (Å²) >= 11 is 0. The second-order valence-electron chi connectivity index (χ2n) is 11.7. The van der Waals surface area contributed by atoms with Gasteiger partial charge in [0, 0.05) is 57.0 Å². The molecule has 3 aromatic rings. The van der Waals surface area contributed by atoms with E-state index >= 15 is 0 Å². The smallest absolute Gasteiger partial charge is 0.257 e. The molecule has 3 fully saturated rings. The minimum atomic E-state index is -3.83. The average molecular weight is 582 g/mol. The summed E-state index contributed by atoms with van der Waals surface area (Å²) in [4.78, 5) is 18.4. The first kappa shape index (κ1) is 28.0. The van der Waals surface area contributed by atoms with Crippen molar-refractivity contribution < 1.29 is 23.1 Å². The van der Waals surface area contributed by atoms with Crippen LogP contribution < -0.4 is 19.8 Å².